The molecule has 2 heteroatoms. The molecular weight excluding hydrogens is 214 g/mol. The van der Waals surface area contributed by atoms with Crippen molar-refractivity contribution in [2.24, 2.45) is 0 Å². The van der Waals surface area contributed by atoms with Crippen molar-refractivity contribution >= 4 is 11.3 Å². The molecule has 1 N–H and O–H groups in total. The molecule has 1 aliphatic carbocycles. The Morgan fingerprint density at radius 2 is 2.50 bits per heavy atom. The largest absolute Gasteiger partial charge is 0.316 e. The molecule has 1 aliphatic rings. The van der Waals surface area contributed by atoms with Crippen molar-refractivity contribution in [1.82, 2.24) is 5.32 Å². The summed E-state index contributed by atoms with van der Waals surface area (Å²) in [6.07, 6.45) is 5.04. The molecule has 2 unspecified atom stereocenters. The highest BCUT2D eigenvalue weighted by atomic mass is 32.1. The van der Waals surface area contributed by atoms with E-state index in [1.165, 1.54) is 24.8 Å². The number of hydrogen-bond donors (Lipinski definition) is 1. The molecule has 16 heavy (non-hydrogen) atoms. The van der Waals surface area contributed by atoms with Crippen molar-refractivity contribution < 1.29 is 0 Å². The van der Waals surface area contributed by atoms with Crippen molar-refractivity contribution in [2.45, 2.75) is 44.6 Å². The fourth-order valence-corrected chi connectivity index (χ4v) is 3.76. The van der Waals surface area contributed by atoms with Crippen LogP contribution in [0.15, 0.2) is 23.6 Å². The van der Waals surface area contributed by atoms with Crippen LogP contribution in [0.4, 0.5) is 0 Å². The molecule has 1 aromatic heterocycles. The van der Waals surface area contributed by atoms with E-state index in [-0.39, 0.29) is 0 Å². The number of hydrogen-bond acceptors (Lipinski definition) is 2. The second kappa shape index (κ2) is 5.15. The Bertz CT molecular complexity index is 367. The second-order valence-corrected chi connectivity index (χ2v) is 5.85. The number of aryl methyl sites for hydroxylation is 1. The summed E-state index contributed by atoms with van der Waals surface area (Å²) in [5.74, 6) is 0.691. The van der Waals surface area contributed by atoms with E-state index in [1.54, 1.807) is 10.4 Å². The minimum absolute atomic E-state index is 0.561. The van der Waals surface area contributed by atoms with Crippen LogP contribution in [0.2, 0.25) is 0 Å². The van der Waals surface area contributed by atoms with Crippen LogP contribution in [0, 0.1) is 0 Å². The van der Waals surface area contributed by atoms with E-state index >= 15 is 0 Å². The lowest BCUT2D eigenvalue weighted by Gasteiger charge is -2.30. The molecule has 88 valence electrons. The lowest BCUT2D eigenvalue weighted by Crippen LogP contribution is -2.33. The summed E-state index contributed by atoms with van der Waals surface area (Å²) in [5, 5.41) is 5.72. The molecule has 0 saturated carbocycles. The van der Waals surface area contributed by atoms with E-state index in [9.17, 15) is 0 Å². The molecule has 2 atom stereocenters. The lowest BCUT2D eigenvalue weighted by molar-refractivity contribution is 0.413. The van der Waals surface area contributed by atoms with Crippen molar-refractivity contribution in [3.63, 3.8) is 0 Å². The molecule has 0 aromatic carbocycles. The Hall–Kier alpha value is -0.600. The first-order chi connectivity index (χ1) is 7.72. The third kappa shape index (κ3) is 2.38. The number of fused-ring (bicyclic) bond motifs is 1. The molecule has 0 radical (unpaired) electrons. The zero-order valence-corrected chi connectivity index (χ0v) is 11.1. The van der Waals surface area contributed by atoms with Crippen LogP contribution in [-0.2, 0) is 6.42 Å². The van der Waals surface area contributed by atoms with Gasteiger partial charge in [0.25, 0.3) is 0 Å². The van der Waals surface area contributed by atoms with Gasteiger partial charge in [0.1, 0.15) is 0 Å². The van der Waals surface area contributed by atoms with Crippen molar-refractivity contribution in [2.75, 3.05) is 7.05 Å². The summed E-state index contributed by atoms with van der Waals surface area (Å²) in [6, 6.07) is 2.89. The Morgan fingerprint density at radius 3 is 3.19 bits per heavy atom. The van der Waals surface area contributed by atoms with Crippen molar-refractivity contribution in [1.29, 1.82) is 0 Å². The third-order valence-electron chi connectivity index (χ3n) is 3.52. The first-order valence-corrected chi connectivity index (χ1v) is 6.98. The van der Waals surface area contributed by atoms with Gasteiger partial charge < -0.3 is 5.32 Å². The highest BCUT2D eigenvalue weighted by Crippen LogP contribution is 2.38. The first kappa shape index (κ1) is 11.9. The standard InChI is InChI=1S/C14H21NS/c1-10(2)9-13(15-3)11-5-4-6-14-12(11)7-8-16-14/h7-8,11,13,15H,1,4-6,9H2,2-3H3. The van der Waals surface area contributed by atoms with Gasteiger partial charge >= 0.3 is 0 Å². The van der Waals surface area contributed by atoms with Crippen LogP contribution in [0.25, 0.3) is 0 Å². The van der Waals surface area contributed by atoms with Crippen LogP contribution in [0.5, 0.6) is 0 Å². The van der Waals surface area contributed by atoms with Crippen LogP contribution in [-0.4, -0.2) is 13.1 Å². The van der Waals surface area contributed by atoms with Crippen LogP contribution in [0.3, 0.4) is 0 Å². The quantitative estimate of drug-likeness (QED) is 0.784. The summed E-state index contributed by atoms with van der Waals surface area (Å²) >= 11 is 1.93. The normalized spacial score (nSPS) is 21.5. The minimum atomic E-state index is 0.561. The highest BCUT2D eigenvalue weighted by Gasteiger charge is 2.27. The maximum atomic E-state index is 4.04. The number of rotatable bonds is 4. The van der Waals surface area contributed by atoms with Gasteiger partial charge in [-0.05, 0) is 56.7 Å². The van der Waals surface area contributed by atoms with Crippen molar-refractivity contribution in [3.8, 4) is 0 Å². The monoisotopic (exact) mass is 235 g/mol. The van der Waals surface area contributed by atoms with Crippen LogP contribution >= 0.6 is 11.3 Å². The second-order valence-electron chi connectivity index (χ2n) is 4.85. The first-order valence-electron chi connectivity index (χ1n) is 6.10. The van der Waals surface area contributed by atoms with Crippen LogP contribution < -0.4 is 5.32 Å². The molecule has 1 heterocycles. The molecule has 2 rings (SSSR count). The van der Waals surface area contributed by atoms with Crippen molar-refractivity contribution in [3.05, 3.63) is 34.0 Å². The van der Waals surface area contributed by atoms with E-state index in [4.69, 9.17) is 0 Å². The molecule has 1 nitrogen and oxygen atoms in total. The van der Waals surface area contributed by atoms with E-state index in [2.05, 4.69) is 37.3 Å². The van der Waals surface area contributed by atoms with E-state index in [0.29, 0.717) is 12.0 Å². The average Bonchev–Trinajstić information content (AvgIpc) is 2.73. The van der Waals surface area contributed by atoms with Gasteiger partial charge in [-0.25, -0.2) is 0 Å². The predicted molar refractivity (Wildman–Crippen MR) is 72.3 cm³/mol. The molecular formula is C14H21NS. The van der Waals surface area contributed by atoms with Gasteiger partial charge in [-0.2, -0.15) is 0 Å². The molecule has 0 bridgehead atoms. The lowest BCUT2D eigenvalue weighted by atomic mass is 9.80. The average molecular weight is 235 g/mol. The number of likely N-dealkylation sites (N-methyl/N-ethyl adjacent to an activating group) is 1. The number of thiophene rings is 1. The van der Waals surface area contributed by atoms with E-state index < -0.39 is 0 Å². The van der Waals surface area contributed by atoms with E-state index in [0.717, 1.165) is 6.42 Å². The fourth-order valence-electron chi connectivity index (χ4n) is 2.76. The number of nitrogens with one attached hydrogen (secondary N) is 1. The Balaban J connectivity index is 2.18. The summed E-state index contributed by atoms with van der Waals surface area (Å²) in [5.41, 5.74) is 2.87. The zero-order chi connectivity index (χ0) is 11.5. The van der Waals surface area contributed by atoms with Gasteiger partial charge in [-0.3, -0.25) is 0 Å². The Morgan fingerprint density at radius 1 is 1.69 bits per heavy atom. The molecule has 0 amide bonds. The summed E-state index contributed by atoms with van der Waals surface area (Å²) in [4.78, 5) is 1.61. The summed E-state index contributed by atoms with van der Waals surface area (Å²) < 4.78 is 0. The van der Waals surface area contributed by atoms with Crippen LogP contribution in [0.1, 0.15) is 42.5 Å². The van der Waals surface area contributed by atoms with Gasteiger partial charge in [0, 0.05) is 16.8 Å². The van der Waals surface area contributed by atoms with E-state index in [1.807, 2.05) is 11.3 Å². The van der Waals surface area contributed by atoms with Gasteiger partial charge in [-0.15, -0.1) is 17.9 Å². The SMILES string of the molecule is C=C(C)CC(NC)C1CCCc2sccc21. The molecule has 0 aliphatic heterocycles. The van der Waals surface area contributed by atoms with Gasteiger partial charge in [0.2, 0.25) is 0 Å². The van der Waals surface area contributed by atoms with Gasteiger partial charge in [-0.1, -0.05) is 5.57 Å². The molecule has 1 aromatic rings. The summed E-state index contributed by atoms with van der Waals surface area (Å²) in [7, 11) is 2.08. The molecule has 0 spiro atoms. The van der Waals surface area contributed by atoms with Gasteiger partial charge in [0.15, 0.2) is 0 Å². The Labute approximate surface area is 103 Å². The topological polar surface area (TPSA) is 12.0 Å². The smallest absolute Gasteiger partial charge is 0.0170 e. The minimum Gasteiger partial charge on any atom is -0.316 e. The molecule has 0 saturated heterocycles. The summed E-state index contributed by atoms with van der Waals surface area (Å²) in [6.45, 7) is 6.17. The zero-order valence-electron chi connectivity index (χ0n) is 10.3. The maximum absolute atomic E-state index is 4.04. The Kier molecular flexibility index (Phi) is 3.82. The fraction of sp³-hybridized carbons (Fsp3) is 0.571. The molecule has 0 fully saturated rings. The highest BCUT2D eigenvalue weighted by molar-refractivity contribution is 7.10. The third-order valence-corrected chi connectivity index (χ3v) is 4.52. The van der Waals surface area contributed by atoms with Gasteiger partial charge in [0.05, 0.1) is 0 Å². The predicted octanol–water partition coefficient (Wildman–Crippen LogP) is 3.72. The maximum Gasteiger partial charge on any atom is 0.0170 e.